The summed E-state index contributed by atoms with van der Waals surface area (Å²) in [5.41, 5.74) is 9.61. The molecule has 0 aliphatic rings. The van der Waals surface area contributed by atoms with Crippen molar-refractivity contribution in [2.75, 3.05) is 0 Å². The number of furan rings is 2. The molecule has 0 bridgehead atoms. The number of fused-ring (bicyclic) bond motifs is 6. The molecule has 0 spiro atoms. The maximum Gasteiger partial charge on any atom is 0.143 e. The molecule has 0 amide bonds. The van der Waals surface area contributed by atoms with E-state index in [-0.39, 0.29) is 0 Å². The van der Waals surface area contributed by atoms with Crippen LogP contribution in [0.15, 0.2) is 155 Å². The Hall–Kier alpha value is -5.60. The van der Waals surface area contributed by atoms with Gasteiger partial charge < -0.3 is 8.83 Å². The lowest BCUT2D eigenvalue weighted by molar-refractivity contribution is 0.616. The molecule has 0 aliphatic carbocycles. The number of hydrogen-bond donors (Lipinski definition) is 0. The summed E-state index contributed by atoms with van der Waals surface area (Å²) in [6.45, 7) is 0. The fourth-order valence-electron chi connectivity index (χ4n) is 6.53. The molecule has 0 saturated carbocycles. The average Bonchev–Trinajstić information content (AvgIpc) is 3.66. The topological polar surface area (TPSA) is 26.3 Å². The van der Waals surface area contributed by atoms with Crippen LogP contribution < -0.4 is 0 Å². The lowest BCUT2D eigenvalue weighted by Crippen LogP contribution is -1.89. The van der Waals surface area contributed by atoms with Crippen LogP contribution in [0.5, 0.6) is 0 Å². The monoisotopic (exact) mass is 536 g/mol. The minimum Gasteiger partial charge on any atom is -0.464 e. The lowest BCUT2D eigenvalue weighted by atomic mass is 9.89. The summed E-state index contributed by atoms with van der Waals surface area (Å²) in [6.07, 6.45) is 1.73. The van der Waals surface area contributed by atoms with Crippen molar-refractivity contribution >= 4 is 54.5 Å². The van der Waals surface area contributed by atoms with Gasteiger partial charge in [-0.05, 0) is 85.8 Å². The van der Waals surface area contributed by atoms with Crippen molar-refractivity contribution in [3.8, 4) is 33.4 Å². The van der Waals surface area contributed by atoms with Crippen LogP contribution in [0.3, 0.4) is 0 Å². The van der Waals surface area contributed by atoms with Crippen molar-refractivity contribution in [1.82, 2.24) is 0 Å². The largest absolute Gasteiger partial charge is 0.464 e. The molecule has 9 rings (SSSR count). The first-order chi connectivity index (χ1) is 20.8. The van der Waals surface area contributed by atoms with E-state index in [0.717, 1.165) is 44.0 Å². The van der Waals surface area contributed by atoms with Crippen LogP contribution in [-0.2, 0) is 0 Å². The standard InChI is InChI=1S/C40H24O2/c1-3-12-31-25(8-1)10-5-14-33(31)28-20-29(34-15-6-11-26-9-2-4-13-32(26)34)22-30(21-28)35-16-7-17-36-37-24-38-27(18-19-41-38)23-39(37)42-40(35)36/h1-24H. The van der Waals surface area contributed by atoms with Gasteiger partial charge >= 0.3 is 0 Å². The SMILES string of the molecule is c1ccc2c(-c3cc(-c4cccc5ccccc45)cc(-c4cccc5c4oc4cc6ccoc6cc45)c3)cccc2c1. The quantitative estimate of drug-likeness (QED) is 0.224. The van der Waals surface area contributed by atoms with Gasteiger partial charge in [-0.25, -0.2) is 0 Å². The summed E-state index contributed by atoms with van der Waals surface area (Å²) in [5, 5.41) is 8.14. The second-order valence-corrected chi connectivity index (χ2v) is 10.9. The first-order valence-corrected chi connectivity index (χ1v) is 14.2. The fraction of sp³-hybridized carbons (Fsp3) is 0. The van der Waals surface area contributed by atoms with Gasteiger partial charge in [0.1, 0.15) is 16.7 Å². The Labute approximate surface area is 242 Å². The van der Waals surface area contributed by atoms with Crippen LogP contribution in [0, 0.1) is 0 Å². The Kier molecular flexibility index (Phi) is 4.93. The maximum absolute atomic E-state index is 6.61. The number of benzene rings is 7. The van der Waals surface area contributed by atoms with E-state index in [9.17, 15) is 0 Å². The Morgan fingerprint density at radius 2 is 0.905 bits per heavy atom. The van der Waals surface area contributed by atoms with Gasteiger partial charge in [0.05, 0.1) is 6.26 Å². The van der Waals surface area contributed by atoms with Gasteiger partial charge in [0, 0.05) is 21.7 Å². The molecule has 0 radical (unpaired) electrons. The number of para-hydroxylation sites is 1. The molecule has 2 heteroatoms. The third-order valence-corrected chi connectivity index (χ3v) is 8.52. The summed E-state index contributed by atoms with van der Waals surface area (Å²) >= 11 is 0. The number of hydrogen-bond acceptors (Lipinski definition) is 2. The zero-order valence-corrected chi connectivity index (χ0v) is 22.7. The van der Waals surface area contributed by atoms with Gasteiger partial charge in [-0.2, -0.15) is 0 Å². The van der Waals surface area contributed by atoms with Gasteiger partial charge in [0.15, 0.2) is 0 Å². The van der Waals surface area contributed by atoms with Gasteiger partial charge in [0.25, 0.3) is 0 Å². The molecule has 2 aromatic heterocycles. The Balaban J connectivity index is 1.35. The normalized spacial score (nSPS) is 11.8. The van der Waals surface area contributed by atoms with Gasteiger partial charge in [0.2, 0.25) is 0 Å². The molecule has 9 aromatic rings. The zero-order chi connectivity index (χ0) is 27.6. The summed E-state index contributed by atoms with van der Waals surface area (Å²) in [7, 11) is 0. The second-order valence-electron chi connectivity index (χ2n) is 10.9. The van der Waals surface area contributed by atoms with E-state index >= 15 is 0 Å². The van der Waals surface area contributed by atoms with E-state index in [4.69, 9.17) is 8.83 Å². The molecule has 7 aromatic carbocycles. The minimum absolute atomic E-state index is 0.867. The molecule has 2 heterocycles. The van der Waals surface area contributed by atoms with Crippen LogP contribution in [0.2, 0.25) is 0 Å². The van der Waals surface area contributed by atoms with Gasteiger partial charge in [-0.15, -0.1) is 0 Å². The van der Waals surface area contributed by atoms with Crippen molar-refractivity contribution in [2.45, 2.75) is 0 Å². The van der Waals surface area contributed by atoms with Crippen LogP contribution in [0.4, 0.5) is 0 Å². The predicted molar refractivity (Wildman–Crippen MR) is 175 cm³/mol. The lowest BCUT2D eigenvalue weighted by Gasteiger charge is -2.14. The summed E-state index contributed by atoms with van der Waals surface area (Å²) in [6, 6.07) is 49.9. The summed E-state index contributed by atoms with van der Waals surface area (Å²) < 4.78 is 12.3. The van der Waals surface area contributed by atoms with Crippen molar-refractivity contribution in [3.05, 3.63) is 146 Å². The van der Waals surface area contributed by atoms with E-state index < -0.39 is 0 Å². The summed E-state index contributed by atoms with van der Waals surface area (Å²) in [5.74, 6) is 0. The van der Waals surface area contributed by atoms with E-state index in [1.807, 2.05) is 6.07 Å². The van der Waals surface area contributed by atoms with Crippen molar-refractivity contribution in [3.63, 3.8) is 0 Å². The average molecular weight is 537 g/mol. The molecule has 2 nitrogen and oxygen atoms in total. The van der Waals surface area contributed by atoms with Crippen molar-refractivity contribution in [1.29, 1.82) is 0 Å². The zero-order valence-electron chi connectivity index (χ0n) is 22.7. The molecule has 0 fully saturated rings. The van der Waals surface area contributed by atoms with E-state index in [1.165, 1.54) is 43.8 Å². The molecule has 0 aliphatic heterocycles. The molecule has 196 valence electrons. The minimum atomic E-state index is 0.867. The van der Waals surface area contributed by atoms with Crippen LogP contribution in [0.1, 0.15) is 0 Å². The first kappa shape index (κ1) is 23.1. The second kappa shape index (κ2) is 8.95. The highest BCUT2D eigenvalue weighted by Crippen LogP contribution is 2.42. The van der Waals surface area contributed by atoms with E-state index in [0.29, 0.717) is 0 Å². The predicted octanol–water partition coefficient (Wildman–Crippen LogP) is 11.6. The molecular formula is C40H24O2. The van der Waals surface area contributed by atoms with Gasteiger partial charge in [-0.1, -0.05) is 103 Å². The highest BCUT2D eigenvalue weighted by atomic mass is 16.3. The van der Waals surface area contributed by atoms with Crippen molar-refractivity contribution in [2.24, 2.45) is 0 Å². The fourth-order valence-corrected chi connectivity index (χ4v) is 6.53. The van der Waals surface area contributed by atoms with Crippen LogP contribution in [0.25, 0.3) is 87.8 Å². The van der Waals surface area contributed by atoms with Crippen molar-refractivity contribution < 1.29 is 8.83 Å². The molecule has 0 unspecified atom stereocenters. The maximum atomic E-state index is 6.61. The Morgan fingerprint density at radius 3 is 1.60 bits per heavy atom. The highest BCUT2D eigenvalue weighted by molar-refractivity contribution is 6.13. The Bertz CT molecular complexity index is 2360. The third-order valence-electron chi connectivity index (χ3n) is 8.52. The molecule has 0 saturated heterocycles. The van der Waals surface area contributed by atoms with Gasteiger partial charge in [-0.3, -0.25) is 0 Å². The molecule has 42 heavy (non-hydrogen) atoms. The van der Waals surface area contributed by atoms with E-state index in [1.54, 1.807) is 6.26 Å². The smallest absolute Gasteiger partial charge is 0.143 e. The Morgan fingerprint density at radius 1 is 0.357 bits per heavy atom. The molecular weight excluding hydrogens is 512 g/mol. The molecule has 0 atom stereocenters. The number of rotatable bonds is 3. The van der Waals surface area contributed by atoms with Crippen LogP contribution >= 0.6 is 0 Å². The highest BCUT2D eigenvalue weighted by Gasteiger charge is 2.17. The molecule has 0 N–H and O–H groups in total. The summed E-state index contributed by atoms with van der Waals surface area (Å²) in [4.78, 5) is 0. The van der Waals surface area contributed by atoms with E-state index in [2.05, 4.69) is 133 Å². The van der Waals surface area contributed by atoms with Crippen LogP contribution in [-0.4, -0.2) is 0 Å². The first-order valence-electron chi connectivity index (χ1n) is 14.2. The third kappa shape index (κ3) is 3.52.